The number of aromatic nitrogens is 4. The summed E-state index contributed by atoms with van der Waals surface area (Å²) in [5.74, 6) is -0.209. The minimum Gasteiger partial charge on any atom is -0.342 e. The van der Waals surface area contributed by atoms with Crippen molar-refractivity contribution in [1.29, 1.82) is 0 Å². The third kappa shape index (κ3) is 3.08. The smallest absolute Gasteiger partial charge is 0.316 e. The molecule has 0 aliphatic heterocycles. The summed E-state index contributed by atoms with van der Waals surface area (Å²) in [6.45, 7) is 0.296. The van der Waals surface area contributed by atoms with Gasteiger partial charge in [-0.25, -0.2) is 0 Å². The summed E-state index contributed by atoms with van der Waals surface area (Å²) in [4.78, 5) is 24.0. The topological polar surface area (TPSA) is 93.8 Å². The first kappa shape index (κ1) is 12.9. The fraction of sp³-hybridized carbons (Fsp3) is 0.0714. The van der Waals surface area contributed by atoms with E-state index in [2.05, 4.69) is 25.4 Å². The van der Waals surface area contributed by atoms with E-state index < -0.39 is 5.91 Å². The second-order valence-electron chi connectivity index (χ2n) is 4.17. The van der Waals surface area contributed by atoms with E-state index in [1.54, 1.807) is 30.7 Å². The fourth-order valence-corrected chi connectivity index (χ4v) is 1.68. The van der Waals surface area contributed by atoms with E-state index in [-0.39, 0.29) is 5.89 Å². The number of nitrogens with zero attached hydrogens (tertiary/aromatic N) is 4. The minimum atomic E-state index is -0.441. The lowest BCUT2D eigenvalue weighted by Crippen LogP contribution is -2.23. The molecular formula is C14H11N5O2. The van der Waals surface area contributed by atoms with Crippen LogP contribution in [0.25, 0.3) is 11.4 Å². The summed E-state index contributed by atoms with van der Waals surface area (Å²) in [7, 11) is 0. The van der Waals surface area contributed by atoms with Crippen LogP contribution in [0.4, 0.5) is 0 Å². The van der Waals surface area contributed by atoms with E-state index >= 15 is 0 Å². The third-order valence-electron chi connectivity index (χ3n) is 2.70. The zero-order chi connectivity index (χ0) is 14.5. The number of amides is 1. The van der Waals surface area contributed by atoms with Crippen LogP contribution in [-0.4, -0.2) is 26.0 Å². The molecule has 0 bridgehead atoms. The maximum Gasteiger partial charge on any atom is 0.316 e. The van der Waals surface area contributed by atoms with E-state index in [4.69, 9.17) is 4.52 Å². The largest absolute Gasteiger partial charge is 0.342 e. The second kappa shape index (κ2) is 5.91. The lowest BCUT2D eigenvalue weighted by atomic mass is 10.3. The number of pyridine rings is 2. The molecule has 104 valence electrons. The van der Waals surface area contributed by atoms with Crippen LogP contribution >= 0.6 is 0 Å². The molecule has 21 heavy (non-hydrogen) atoms. The molecule has 3 aromatic heterocycles. The summed E-state index contributed by atoms with van der Waals surface area (Å²) in [6, 6.07) is 9.01. The molecule has 0 fully saturated rings. The number of carbonyl (C=O) groups excluding carboxylic acids is 1. The predicted octanol–water partition coefficient (Wildman–Crippen LogP) is 1.46. The molecule has 0 saturated carbocycles. The Morgan fingerprint density at radius 3 is 2.90 bits per heavy atom. The Kier molecular flexibility index (Phi) is 3.64. The van der Waals surface area contributed by atoms with Gasteiger partial charge in [0, 0.05) is 24.2 Å². The zero-order valence-electron chi connectivity index (χ0n) is 10.9. The molecule has 0 atom stereocenters. The van der Waals surface area contributed by atoms with Crippen molar-refractivity contribution < 1.29 is 9.32 Å². The van der Waals surface area contributed by atoms with Crippen molar-refractivity contribution in [3.63, 3.8) is 0 Å². The van der Waals surface area contributed by atoms with E-state index in [1.807, 2.05) is 18.2 Å². The molecule has 0 saturated heterocycles. The maximum atomic E-state index is 11.9. The van der Waals surface area contributed by atoms with Crippen molar-refractivity contribution in [1.82, 2.24) is 25.4 Å². The van der Waals surface area contributed by atoms with Gasteiger partial charge in [0.15, 0.2) is 0 Å². The van der Waals surface area contributed by atoms with Gasteiger partial charge in [-0.15, -0.1) is 0 Å². The second-order valence-corrected chi connectivity index (χ2v) is 4.17. The molecule has 1 amide bonds. The molecule has 0 aliphatic carbocycles. The molecule has 3 heterocycles. The van der Waals surface area contributed by atoms with Gasteiger partial charge in [0.2, 0.25) is 5.82 Å². The van der Waals surface area contributed by atoms with Crippen molar-refractivity contribution >= 4 is 5.91 Å². The average molecular weight is 281 g/mol. The number of carbonyl (C=O) groups is 1. The Hall–Kier alpha value is -3.09. The highest BCUT2D eigenvalue weighted by Gasteiger charge is 2.15. The zero-order valence-corrected chi connectivity index (χ0v) is 10.9. The molecule has 0 radical (unpaired) electrons. The molecule has 0 spiro atoms. The standard InChI is InChI=1S/C14H11N5O2/c20-13(17-9-11-5-1-2-7-16-11)14-18-12(19-21-14)10-4-3-6-15-8-10/h1-8H,9H2,(H,17,20). The molecule has 3 rings (SSSR count). The van der Waals surface area contributed by atoms with Crippen molar-refractivity contribution in [3.8, 4) is 11.4 Å². The minimum absolute atomic E-state index is 0.0928. The first-order valence-corrected chi connectivity index (χ1v) is 6.25. The van der Waals surface area contributed by atoms with Gasteiger partial charge >= 0.3 is 11.8 Å². The van der Waals surface area contributed by atoms with E-state index in [0.29, 0.717) is 17.9 Å². The van der Waals surface area contributed by atoms with Crippen LogP contribution in [0.1, 0.15) is 16.4 Å². The van der Waals surface area contributed by atoms with Crippen molar-refractivity contribution in [2.45, 2.75) is 6.54 Å². The van der Waals surface area contributed by atoms with Gasteiger partial charge in [-0.05, 0) is 24.3 Å². The molecule has 7 heteroatoms. The number of hydrogen-bond donors (Lipinski definition) is 1. The van der Waals surface area contributed by atoms with Crippen molar-refractivity contribution in [2.24, 2.45) is 0 Å². The van der Waals surface area contributed by atoms with Gasteiger partial charge in [0.25, 0.3) is 0 Å². The number of rotatable bonds is 4. The van der Waals surface area contributed by atoms with Gasteiger partial charge < -0.3 is 9.84 Å². The monoisotopic (exact) mass is 281 g/mol. The molecule has 7 nitrogen and oxygen atoms in total. The van der Waals surface area contributed by atoms with Crippen molar-refractivity contribution in [2.75, 3.05) is 0 Å². The van der Waals surface area contributed by atoms with E-state index in [0.717, 1.165) is 5.69 Å². The maximum absolute atomic E-state index is 11.9. The highest BCUT2D eigenvalue weighted by atomic mass is 16.5. The predicted molar refractivity (Wildman–Crippen MR) is 72.9 cm³/mol. The van der Waals surface area contributed by atoms with Gasteiger partial charge in [0.1, 0.15) is 0 Å². The normalized spacial score (nSPS) is 10.3. The Morgan fingerprint density at radius 2 is 2.14 bits per heavy atom. The summed E-state index contributed by atoms with van der Waals surface area (Å²) in [5, 5.41) is 6.43. The van der Waals surface area contributed by atoms with Crippen LogP contribution < -0.4 is 5.32 Å². The van der Waals surface area contributed by atoms with Gasteiger partial charge in [0.05, 0.1) is 12.2 Å². The Bertz CT molecular complexity index is 727. The summed E-state index contributed by atoms with van der Waals surface area (Å²) in [5.41, 5.74) is 1.43. The Morgan fingerprint density at radius 1 is 1.19 bits per heavy atom. The molecule has 0 aromatic carbocycles. The average Bonchev–Trinajstić information content (AvgIpc) is 3.04. The van der Waals surface area contributed by atoms with Crippen LogP contribution in [0.2, 0.25) is 0 Å². The Balaban J connectivity index is 1.67. The van der Waals surface area contributed by atoms with E-state index in [9.17, 15) is 4.79 Å². The lowest BCUT2D eigenvalue weighted by molar-refractivity contribution is 0.0906. The Labute approximate surface area is 120 Å². The summed E-state index contributed by atoms with van der Waals surface area (Å²) >= 11 is 0. The van der Waals surface area contributed by atoms with Crippen LogP contribution in [-0.2, 0) is 6.54 Å². The van der Waals surface area contributed by atoms with Crippen LogP contribution in [0, 0.1) is 0 Å². The lowest BCUT2D eigenvalue weighted by Gasteiger charge is -2.00. The van der Waals surface area contributed by atoms with Gasteiger partial charge in [-0.1, -0.05) is 11.2 Å². The number of nitrogens with one attached hydrogen (secondary N) is 1. The summed E-state index contributed by atoms with van der Waals surface area (Å²) < 4.78 is 4.95. The van der Waals surface area contributed by atoms with Crippen LogP contribution in [0.5, 0.6) is 0 Å². The molecule has 0 unspecified atom stereocenters. The number of hydrogen-bond acceptors (Lipinski definition) is 6. The first-order chi connectivity index (χ1) is 10.3. The highest BCUT2D eigenvalue weighted by Crippen LogP contribution is 2.13. The van der Waals surface area contributed by atoms with Crippen molar-refractivity contribution in [3.05, 3.63) is 60.5 Å². The van der Waals surface area contributed by atoms with Gasteiger partial charge in [-0.2, -0.15) is 4.98 Å². The molecule has 1 N–H and O–H groups in total. The SMILES string of the molecule is O=C(NCc1ccccn1)c1nc(-c2cccnc2)no1. The molecule has 0 aliphatic rings. The van der Waals surface area contributed by atoms with Crippen LogP contribution in [0.15, 0.2) is 53.4 Å². The molecular weight excluding hydrogens is 270 g/mol. The third-order valence-corrected chi connectivity index (χ3v) is 2.70. The fourth-order valence-electron chi connectivity index (χ4n) is 1.68. The molecule has 3 aromatic rings. The summed E-state index contributed by atoms with van der Waals surface area (Å²) in [6.07, 6.45) is 4.90. The quantitative estimate of drug-likeness (QED) is 0.778. The van der Waals surface area contributed by atoms with Gasteiger partial charge in [-0.3, -0.25) is 14.8 Å². The van der Waals surface area contributed by atoms with E-state index in [1.165, 1.54) is 0 Å². The first-order valence-electron chi connectivity index (χ1n) is 6.25. The van der Waals surface area contributed by atoms with Crippen LogP contribution in [0.3, 0.4) is 0 Å². The highest BCUT2D eigenvalue weighted by molar-refractivity contribution is 5.89.